The van der Waals surface area contributed by atoms with Gasteiger partial charge in [0.1, 0.15) is 12.0 Å². The molecular weight excluding hydrogens is 244 g/mol. The van der Waals surface area contributed by atoms with E-state index in [4.69, 9.17) is 9.47 Å². The van der Waals surface area contributed by atoms with Crippen molar-refractivity contribution in [3.8, 4) is 17.6 Å². The Balaban J connectivity index is 3.07. The van der Waals surface area contributed by atoms with Gasteiger partial charge in [-0.25, -0.2) is 4.79 Å². The number of ether oxygens (including phenoxy) is 3. The first-order chi connectivity index (χ1) is 9.12. The van der Waals surface area contributed by atoms with Crippen LogP contribution in [0.15, 0.2) is 30.2 Å². The molecule has 0 saturated carbocycles. The monoisotopic (exact) mass is 260 g/mol. The van der Waals surface area contributed by atoms with Gasteiger partial charge in [-0.15, -0.1) is 5.92 Å². The van der Waals surface area contributed by atoms with Crippen molar-refractivity contribution >= 4 is 5.97 Å². The van der Waals surface area contributed by atoms with Crippen molar-refractivity contribution in [2.45, 2.75) is 13.8 Å². The molecule has 0 N–H and O–H groups in total. The summed E-state index contributed by atoms with van der Waals surface area (Å²) in [4.78, 5) is 11.5. The molecule has 0 unspecified atom stereocenters. The molecule has 1 aromatic rings. The molecule has 0 heterocycles. The Morgan fingerprint density at radius 3 is 2.63 bits per heavy atom. The van der Waals surface area contributed by atoms with Gasteiger partial charge < -0.3 is 14.2 Å². The van der Waals surface area contributed by atoms with E-state index >= 15 is 0 Å². The minimum atomic E-state index is -0.603. The fourth-order valence-electron chi connectivity index (χ4n) is 1.37. The molecule has 0 aliphatic rings. The lowest BCUT2D eigenvalue weighted by atomic mass is 10.1. The van der Waals surface area contributed by atoms with Crippen LogP contribution in [-0.2, 0) is 14.3 Å². The second-order valence-electron chi connectivity index (χ2n) is 3.67. The van der Waals surface area contributed by atoms with Gasteiger partial charge in [0.15, 0.2) is 0 Å². The summed E-state index contributed by atoms with van der Waals surface area (Å²) in [6.45, 7) is 3.63. The van der Waals surface area contributed by atoms with E-state index in [1.165, 1.54) is 20.5 Å². The molecule has 1 rings (SSSR count). The van der Waals surface area contributed by atoms with Crippen LogP contribution in [0.2, 0.25) is 0 Å². The minimum absolute atomic E-state index is 0.0188. The number of carbonyl (C=O) groups is 1. The average Bonchev–Trinajstić information content (AvgIpc) is 2.41. The number of benzene rings is 1. The molecule has 0 aliphatic heterocycles. The van der Waals surface area contributed by atoms with Crippen molar-refractivity contribution in [1.82, 2.24) is 0 Å². The van der Waals surface area contributed by atoms with Crippen LogP contribution in [0, 0.1) is 18.8 Å². The quantitative estimate of drug-likeness (QED) is 0.361. The lowest BCUT2D eigenvalue weighted by molar-refractivity contribution is -0.138. The van der Waals surface area contributed by atoms with E-state index in [9.17, 15) is 4.79 Å². The highest BCUT2D eigenvalue weighted by Gasteiger charge is 2.14. The van der Waals surface area contributed by atoms with Crippen molar-refractivity contribution in [3.63, 3.8) is 0 Å². The van der Waals surface area contributed by atoms with Crippen LogP contribution >= 0.6 is 0 Å². The molecule has 1 aromatic carbocycles. The summed E-state index contributed by atoms with van der Waals surface area (Å²) in [5, 5.41) is 0. The molecule has 0 spiro atoms. The highest BCUT2D eigenvalue weighted by molar-refractivity contribution is 5.86. The van der Waals surface area contributed by atoms with E-state index in [0.717, 1.165) is 11.1 Å². The van der Waals surface area contributed by atoms with Crippen molar-refractivity contribution in [2.24, 2.45) is 0 Å². The van der Waals surface area contributed by atoms with Crippen molar-refractivity contribution in [2.75, 3.05) is 14.2 Å². The Morgan fingerprint density at radius 1 is 1.32 bits per heavy atom. The zero-order valence-corrected chi connectivity index (χ0v) is 11.4. The number of hydrogen-bond donors (Lipinski definition) is 0. The van der Waals surface area contributed by atoms with E-state index in [1.807, 2.05) is 19.1 Å². The molecule has 0 saturated heterocycles. The highest BCUT2D eigenvalue weighted by Crippen LogP contribution is 2.22. The zero-order chi connectivity index (χ0) is 14.3. The Morgan fingerprint density at radius 2 is 2.05 bits per heavy atom. The maximum absolute atomic E-state index is 11.5. The Bertz CT molecular complexity index is 547. The summed E-state index contributed by atoms with van der Waals surface area (Å²) in [7, 11) is 2.71. The SMILES string of the molecule is CC#Cc1ccc(C)c(O/C(=C\OC)C(=O)OC)c1. The molecule has 0 aliphatic carbocycles. The van der Waals surface area contributed by atoms with E-state index in [-0.39, 0.29) is 5.76 Å². The van der Waals surface area contributed by atoms with Gasteiger partial charge in [0, 0.05) is 5.56 Å². The van der Waals surface area contributed by atoms with Gasteiger partial charge in [-0.05, 0) is 31.5 Å². The normalized spacial score (nSPS) is 10.2. The first-order valence-electron chi connectivity index (χ1n) is 5.65. The maximum atomic E-state index is 11.5. The van der Waals surface area contributed by atoms with Gasteiger partial charge in [-0.2, -0.15) is 0 Å². The summed E-state index contributed by atoms with van der Waals surface area (Å²) < 4.78 is 14.9. The molecule has 0 radical (unpaired) electrons. The molecule has 0 aromatic heterocycles. The van der Waals surface area contributed by atoms with E-state index in [1.54, 1.807) is 13.0 Å². The number of aryl methyl sites for hydroxylation is 1. The first kappa shape index (κ1) is 14.7. The van der Waals surface area contributed by atoms with E-state index < -0.39 is 5.97 Å². The Labute approximate surface area is 113 Å². The van der Waals surface area contributed by atoms with Gasteiger partial charge in [0.05, 0.1) is 14.2 Å². The number of rotatable bonds is 4. The Kier molecular flexibility index (Phi) is 5.49. The van der Waals surface area contributed by atoms with Gasteiger partial charge >= 0.3 is 5.97 Å². The number of methoxy groups -OCH3 is 2. The molecule has 0 amide bonds. The van der Waals surface area contributed by atoms with Crippen LogP contribution in [0.5, 0.6) is 5.75 Å². The van der Waals surface area contributed by atoms with Crippen LogP contribution in [-0.4, -0.2) is 20.2 Å². The lowest BCUT2D eigenvalue weighted by Crippen LogP contribution is -2.11. The van der Waals surface area contributed by atoms with Crippen LogP contribution in [0.4, 0.5) is 0 Å². The van der Waals surface area contributed by atoms with Crippen LogP contribution < -0.4 is 4.74 Å². The average molecular weight is 260 g/mol. The molecule has 0 fully saturated rings. The third kappa shape index (κ3) is 4.07. The summed E-state index contributed by atoms with van der Waals surface area (Å²) in [5.41, 5.74) is 1.69. The fourth-order valence-corrected chi connectivity index (χ4v) is 1.37. The standard InChI is InChI=1S/C15H16O4/c1-5-6-12-8-7-11(2)13(9-12)19-14(10-17-3)15(16)18-4/h7-10H,1-4H3/b14-10-. The van der Waals surface area contributed by atoms with E-state index in [0.29, 0.717) is 5.75 Å². The molecule has 0 atom stereocenters. The predicted molar refractivity (Wildman–Crippen MR) is 71.5 cm³/mol. The molecule has 0 bridgehead atoms. The van der Waals surface area contributed by atoms with Crippen molar-refractivity contribution < 1.29 is 19.0 Å². The summed E-state index contributed by atoms with van der Waals surface area (Å²) in [5.74, 6) is 5.65. The van der Waals surface area contributed by atoms with Gasteiger partial charge in [-0.3, -0.25) is 0 Å². The predicted octanol–water partition coefficient (Wildman–Crippen LogP) is 2.41. The zero-order valence-electron chi connectivity index (χ0n) is 11.4. The van der Waals surface area contributed by atoms with Gasteiger partial charge in [0.25, 0.3) is 0 Å². The van der Waals surface area contributed by atoms with Crippen LogP contribution in [0.3, 0.4) is 0 Å². The molecule has 100 valence electrons. The van der Waals surface area contributed by atoms with E-state index in [2.05, 4.69) is 16.6 Å². The molecule has 4 heteroatoms. The highest BCUT2D eigenvalue weighted by atomic mass is 16.6. The van der Waals surface area contributed by atoms with Crippen LogP contribution in [0.1, 0.15) is 18.1 Å². The number of carbonyl (C=O) groups excluding carboxylic acids is 1. The summed E-state index contributed by atoms with van der Waals surface area (Å²) >= 11 is 0. The third-order valence-corrected chi connectivity index (χ3v) is 2.29. The topological polar surface area (TPSA) is 44.8 Å². The second kappa shape index (κ2) is 7.12. The molecule has 19 heavy (non-hydrogen) atoms. The maximum Gasteiger partial charge on any atom is 0.377 e. The van der Waals surface area contributed by atoms with Gasteiger partial charge in [-0.1, -0.05) is 12.0 Å². The second-order valence-corrected chi connectivity index (χ2v) is 3.67. The lowest BCUT2D eigenvalue weighted by Gasteiger charge is -2.10. The van der Waals surface area contributed by atoms with Crippen molar-refractivity contribution in [3.05, 3.63) is 41.3 Å². The molecule has 4 nitrogen and oxygen atoms in total. The first-order valence-corrected chi connectivity index (χ1v) is 5.65. The minimum Gasteiger partial charge on any atom is -0.500 e. The molecular formula is C15H16O4. The third-order valence-electron chi connectivity index (χ3n) is 2.29. The Hall–Kier alpha value is -2.41. The van der Waals surface area contributed by atoms with Crippen LogP contribution in [0.25, 0.3) is 0 Å². The number of hydrogen-bond acceptors (Lipinski definition) is 4. The number of esters is 1. The van der Waals surface area contributed by atoms with Crippen molar-refractivity contribution in [1.29, 1.82) is 0 Å². The fraction of sp³-hybridized carbons (Fsp3) is 0.267. The largest absolute Gasteiger partial charge is 0.500 e. The smallest absolute Gasteiger partial charge is 0.377 e. The summed E-state index contributed by atoms with van der Waals surface area (Å²) in [6, 6.07) is 5.52. The van der Waals surface area contributed by atoms with Gasteiger partial charge in [0.2, 0.25) is 5.76 Å². The summed E-state index contributed by atoms with van der Waals surface area (Å²) in [6.07, 6.45) is 1.20.